The van der Waals surface area contributed by atoms with Crippen LogP contribution in [0.25, 0.3) is 21.5 Å². The zero-order chi connectivity index (χ0) is 18.3. The van der Waals surface area contributed by atoms with Gasteiger partial charge < -0.3 is 0 Å². The van der Waals surface area contributed by atoms with Crippen molar-refractivity contribution in [3.8, 4) is 0 Å². The number of halogens is 1. The summed E-state index contributed by atoms with van der Waals surface area (Å²) in [5.41, 5.74) is 0. The summed E-state index contributed by atoms with van der Waals surface area (Å²) in [5, 5.41) is 7.68. The fraction of sp³-hybridized carbons (Fsp3) is 0. The molecule has 0 N–H and O–H groups in total. The Morgan fingerprint density at radius 2 is 0.862 bits per heavy atom. The van der Waals surface area contributed by atoms with Crippen LogP contribution in [0.1, 0.15) is 0 Å². The van der Waals surface area contributed by atoms with Gasteiger partial charge in [0.2, 0.25) is 0 Å². The minimum atomic E-state index is 0. The molecule has 0 saturated heterocycles. The molecule has 0 bridgehead atoms. The second-order valence-corrected chi connectivity index (χ2v) is 7.71. The van der Waals surface area contributed by atoms with Crippen LogP contribution in [0.4, 0.5) is 0 Å². The van der Waals surface area contributed by atoms with Crippen molar-refractivity contribution in [2.75, 3.05) is 0 Å². The maximum atomic E-state index is 3.41. The average Bonchev–Trinajstić information content (AvgIpc) is 2.74. The molecule has 5 aromatic rings. The summed E-state index contributed by atoms with van der Waals surface area (Å²) in [6.45, 7) is 0. The van der Waals surface area contributed by atoms with Gasteiger partial charge in [-0.05, 0) is 10.6 Å². The third-order valence-electron chi connectivity index (χ3n) is 4.34. The van der Waals surface area contributed by atoms with Gasteiger partial charge in [-0.3, -0.25) is 0 Å². The molecule has 0 unspecified atom stereocenters. The van der Waals surface area contributed by atoms with E-state index in [2.05, 4.69) is 109 Å². The molecule has 0 spiro atoms. The molecule has 3 heteroatoms. The molecular weight excluding hydrogens is 437 g/mol. The quantitative estimate of drug-likeness (QED) is 0.122. The number of hydrogen-bond acceptors (Lipinski definition) is 0. The first-order chi connectivity index (χ1) is 13.4. The van der Waals surface area contributed by atoms with Gasteiger partial charge in [0.05, 0.1) is 0 Å². The van der Waals surface area contributed by atoms with Crippen LogP contribution in [0.15, 0.2) is 115 Å². The summed E-state index contributed by atoms with van der Waals surface area (Å²) < 4.78 is 0. The SMILES string of the molecule is Cl.[Ni].[c-]1c2ccccc2cc2ccccc12.c1ccc(Pc2ccccc2)cc1. The average molecular weight is 459 g/mol. The molecular formula is C26H21ClNiP-. The minimum Gasteiger partial charge on any atom is -0.147 e. The molecule has 0 aromatic heterocycles. The predicted octanol–water partition coefficient (Wildman–Crippen LogP) is 6.53. The Labute approximate surface area is 190 Å². The number of fused-ring (bicyclic) bond motifs is 2. The number of benzene rings is 5. The van der Waals surface area contributed by atoms with Gasteiger partial charge in [0, 0.05) is 16.5 Å². The first-order valence-corrected chi connectivity index (χ1v) is 10.1. The van der Waals surface area contributed by atoms with Crippen LogP contribution >= 0.6 is 21.0 Å². The van der Waals surface area contributed by atoms with Crippen molar-refractivity contribution in [1.29, 1.82) is 0 Å². The second kappa shape index (κ2) is 11.7. The van der Waals surface area contributed by atoms with Crippen molar-refractivity contribution in [2.45, 2.75) is 0 Å². The molecule has 0 fully saturated rings. The van der Waals surface area contributed by atoms with Crippen LogP contribution < -0.4 is 10.6 Å². The zero-order valence-corrected chi connectivity index (χ0v) is 18.5. The Balaban J connectivity index is 0.000000194. The van der Waals surface area contributed by atoms with Crippen LogP contribution in [-0.2, 0) is 16.5 Å². The fourth-order valence-electron chi connectivity index (χ4n) is 3.00. The van der Waals surface area contributed by atoms with Crippen molar-refractivity contribution in [3.63, 3.8) is 0 Å². The monoisotopic (exact) mass is 457 g/mol. The van der Waals surface area contributed by atoms with Gasteiger partial charge >= 0.3 is 0 Å². The Bertz CT molecular complexity index is 1000. The van der Waals surface area contributed by atoms with Gasteiger partial charge in [-0.1, -0.05) is 116 Å². The Morgan fingerprint density at radius 3 is 1.31 bits per heavy atom. The van der Waals surface area contributed by atoms with E-state index in [1.54, 1.807) is 0 Å². The van der Waals surface area contributed by atoms with E-state index in [0.29, 0.717) is 0 Å². The van der Waals surface area contributed by atoms with Crippen molar-refractivity contribution in [2.24, 2.45) is 0 Å². The summed E-state index contributed by atoms with van der Waals surface area (Å²) in [6, 6.07) is 43.4. The van der Waals surface area contributed by atoms with E-state index in [9.17, 15) is 0 Å². The van der Waals surface area contributed by atoms with Gasteiger partial charge in [0.25, 0.3) is 0 Å². The van der Waals surface area contributed by atoms with E-state index in [4.69, 9.17) is 0 Å². The second-order valence-electron chi connectivity index (χ2n) is 6.30. The summed E-state index contributed by atoms with van der Waals surface area (Å²) >= 11 is 0. The van der Waals surface area contributed by atoms with Gasteiger partial charge in [0.1, 0.15) is 0 Å². The maximum absolute atomic E-state index is 3.41. The van der Waals surface area contributed by atoms with E-state index in [-0.39, 0.29) is 28.9 Å². The van der Waals surface area contributed by atoms with Crippen molar-refractivity contribution >= 4 is 53.1 Å². The van der Waals surface area contributed by atoms with Crippen molar-refractivity contribution in [3.05, 3.63) is 121 Å². The van der Waals surface area contributed by atoms with Crippen molar-refractivity contribution < 1.29 is 16.5 Å². The van der Waals surface area contributed by atoms with Gasteiger partial charge in [-0.15, -0.1) is 47.4 Å². The van der Waals surface area contributed by atoms with Gasteiger partial charge in [0.15, 0.2) is 0 Å². The number of hydrogen-bond donors (Lipinski definition) is 0. The van der Waals surface area contributed by atoms with E-state index in [0.717, 1.165) is 8.58 Å². The van der Waals surface area contributed by atoms with E-state index >= 15 is 0 Å². The molecule has 5 aromatic carbocycles. The maximum Gasteiger partial charge on any atom is 0 e. The fourth-order valence-corrected chi connectivity index (χ4v) is 4.05. The molecule has 0 heterocycles. The molecule has 29 heavy (non-hydrogen) atoms. The van der Waals surface area contributed by atoms with Gasteiger partial charge in [-0.25, -0.2) is 0 Å². The first-order valence-electron chi connectivity index (χ1n) is 9.05. The molecule has 5 rings (SSSR count). The first kappa shape index (κ1) is 23.1. The molecule has 0 radical (unpaired) electrons. The van der Waals surface area contributed by atoms with E-state index in [1.165, 1.54) is 32.2 Å². The van der Waals surface area contributed by atoms with E-state index in [1.807, 2.05) is 12.1 Å². The summed E-state index contributed by atoms with van der Waals surface area (Å²) in [7, 11) is 0.777. The predicted molar refractivity (Wildman–Crippen MR) is 128 cm³/mol. The zero-order valence-electron chi connectivity index (χ0n) is 15.7. The third kappa shape index (κ3) is 6.41. The van der Waals surface area contributed by atoms with Crippen LogP contribution in [0.5, 0.6) is 0 Å². The summed E-state index contributed by atoms with van der Waals surface area (Å²) in [5.74, 6) is 0. The Hall–Kier alpha value is -2.17. The largest absolute Gasteiger partial charge is 0.147 e. The molecule has 0 saturated carbocycles. The van der Waals surface area contributed by atoms with Gasteiger partial charge in [-0.2, -0.15) is 0 Å². The van der Waals surface area contributed by atoms with E-state index < -0.39 is 0 Å². The topological polar surface area (TPSA) is 0 Å². The molecule has 148 valence electrons. The van der Waals surface area contributed by atoms with Crippen LogP contribution in [0.2, 0.25) is 0 Å². The molecule has 0 aliphatic carbocycles. The molecule has 0 atom stereocenters. The normalized spacial score (nSPS) is 9.66. The Kier molecular flexibility index (Phi) is 9.36. The summed E-state index contributed by atoms with van der Waals surface area (Å²) in [6.07, 6.45) is 0. The molecule has 0 aliphatic rings. The van der Waals surface area contributed by atoms with Crippen LogP contribution in [0, 0.1) is 6.07 Å². The Morgan fingerprint density at radius 1 is 0.483 bits per heavy atom. The standard InChI is InChI=1S/C14H9.C12H11P.ClH.Ni/c1-2-6-12-10-14-8-4-3-7-13(14)9-11(12)5-1;1-3-7-11(8-4-1)13-12-9-5-2-6-10-12;;/h1-9H;1-10,13H;1H;/q-1;;;. The third-order valence-corrected chi connectivity index (χ3v) is 5.58. The van der Waals surface area contributed by atoms with Crippen molar-refractivity contribution in [1.82, 2.24) is 0 Å². The molecule has 0 amide bonds. The van der Waals surface area contributed by atoms with Crippen LogP contribution in [0.3, 0.4) is 0 Å². The molecule has 0 nitrogen and oxygen atoms in total. The smallest absolute Gasteiger partial charge is 0 e. The van der Waals surface area contributed by atoms with Crippen LogP contribution in [-0.4, -0.2) is 0 Å². The minimum absolute atomic E-state index is 0. The summed E-state index contributed by atoms with van der Waals surface area (Å²) in [4.78, 5) is 0. The number of rotatable bonds is 2. The molecule has 0 aliphatic heterocycles.